The number of benzene rings is 3. The summed E-state index contributed by atoms with van der Waals surface area (Å²) in [5.74, 6) is 0.523. The van der Waals surface area contributed by atoms with Crippen LogP contribution < -0.4 is 19.1 Å². The molecule has 0 aliphatic carbocycles. The molecule has 0 saturated carbocycles. The number of carbonyl (C=O) groups excluding carboxylic acids is 2. The number of likely N-dealkylation sites (N-methyl/N-ethyl adjacent to an activating group) is 1. The standard InChI is InChI=1S/C30H34BrN3O6S/c1-32-30(36)26(19-22-8-4-3-5-9-22)33(21-23-10-6-11-24(31)18-23)29(35)12-7-15-34(41(2,37)38)25-13-14-27-28(20-25)40-17-16-39-27/h3-6,8-11,13-14,18,20,26H,7,12,15-17,19,21H2,1-2H3,(H,32,36)/t26-/m1/s1. The molecule has 0 fully saturated rings. The number of nitrogens with zero attached hydrogens (tertiary/aromatic N) is 2. The SMILES string of the molecule is CNC(=O)[C@@H](Cc1ccccc1)N(Cc1cccc(Br)c1)C(=O)CCCN(c1ccc2c(c1)OCCO2)S(C)(=O)=O. The zero-order chi connectivity index (χ0) is 29.4. The van der Waals surface area contributed by atoms with Crippen LogP contribution in [0.25, 0.3) is 0 Å². The van der Waals surface area contributed by atoms with E-state index in [1.54, 1.807) is 30.1 Å². The van der Waals surface area contributed by atoms with Crippen molar-refractivity contribution in [3.8, 4) is 11.5 Å². The van der Waals surface area contributed by atoms with Crippen molar-refractivity contribution in [2.75, 3.05) is 37.4 Å². The lowest BCUT2D eigenvalue weighted by Gasteiger charge is -2.31. The van der Waals surface area contributed by atoms with E-state index >= 15 is 0 Å². The number of amides is 2. The number of ether oxygens (including phenoxy) is 2. The van der Waals surface area contributed by atoms with Crippen LogP contribution in [0, 0.1) is 0 Å². The van der Waals surface area contributed by atoms with Gasteiger partial charge >= 0.3 is 0 Å². The Morgan fingerprint density at radius 3 is 2.34 bits per heavy atom. The van der Waals surface area contributed by atoms with Crippen molar-refractivity contribution in [1.29, 1.82) is 0 Å². The molecule has 0 spiro atoms. The first kappa shape index (κ1) is 30.4. The molecule has 1 N–H and O–H groups in total. The highest BCUT2D eigenvalue weighted by Crippen LogP contribution is 2.35. The number of hydrogen-bond donors (Lipinski definition) is 1. The van der Waals surface area contributed by atoms with Crippen LogP contribution in [-0.4, -0.2) is 64.2 Å². The maximum Gasteiger partial charge on any atom is 0.242 e. The molecule has 0 bridgehead atoms. The number of rotatable bonds is 12. The summed E-state index contributed by atoms with van der Waals surface area (Å²) >= 11 is 3.48. The van der Waals surface area contributed by atoms with Crippen molar-refractivity contribution in [1.82, 2.24) is 10.2 Å². The number of anilines is 1. The molecule has 2 amide bonds. The van der Waals surface area contributed by atoms with E-state index in [4.69, 9.17) is 9.47 Å². The van der Waals surface area contributed by atoms with Crippen LogP contribution in [0.2, 0.25) is 0 Å². The van der Waals surface area contributed by atoms with Gasteiger partial charge in [-0.05, 0) is 41.8 Å². The second-order valence-corrected chi connectivity index (χ2v) is 12.6. The van der Waals surface area contributed by atoms with Gasteiger partial charge in [-0.2, -0.15) is 0 Å². The molecule has 9 nitrogen and oxygen atoms in total. The minimum atomic E-state index is -3.65. The first-order chi connectivity index (χ1) is 19.7. The minimum Gasteiger partial charge on any atom is -0.486 e. The summed E-state index contributed by atoms with van der Waals surface area (Å²) in [6, 6.07) is 21.4. The van der Waals surface area contributed by atoms with Gasteiger partial charge in [-0.25, -0.2) is 8.42 Å². The van der Waals surface area contributed by atoms with Crippen LogP contribution in [0.3, 0.4) is 0 Å². The van der Waals surface area contributed by atoms with Gasteiger partial charge in [0.05, 0.1) is 11.9 Å². The highest BCUT2D eigenvalue weighted by atomic mass is 79.9. The summed E-state index contributed by atoms with van der Waals surface area (Å²) in [5, 5.41) is 2.71. The van der Waals surface area contributed by atoms with Gasteiger partial charge in [-0.15, -0.1) is 0 Å². The van der Waals surface area contributed by atoms with E-state index in [0.717, 1.165) is 21.9 Å². The maximum atomic E-state index is 13.8. The fourth-order valence-electron chi connectivity index (χ4n) is 4.74. The Bertz CT molecular complexity index is 1470. The van der Waals surface area contributed by atoms with Crippen molar-refractivity contribution >= 4 is 43.5 Å². The van der Waals surface area contributed by atoms with Crippen LogP contribution in [0.1, 0.15) is 24.0 Å². The van der Waals surface area contributed by atoms with Gasteiger partial charge in [0.2, 0.25) is 21.8 Å². The van der Waals surface area contributed by atoms with E-state index in [9.17, 15) is 18.0 Å². The number of carbonyl (C=O) groups is 2. The Hall–Kier alpha value is -3.57. The summed E-state index contributed by atoms with van der Waals surface area (Å²) < 4.78 is 38.8. The van der Waals surface area contributed by atoms with Gasteiger partial charge in [-0.1, -0.05) is 58.4 Å². The van der Waals surface area contributed by atoms with Crippen LogP contribution in [-0.2, 0) is 32.6 Å². The molecule has 0 saturated heterocycles. The van der Waals surface area contributed by atoms with Gasteiger partial charge < -0.3 is 19.7 Å². The van der Waals surface area contributed by atoms with Crippen molar-refractivity contribution in [3.63, 3.8) is 0 Å². The normalized spacial score (nSPS) is 13.2. The third-order valence-corrected chi connectivity index (χ3v) is 8.41. The summed E-state index contributed by atoms with van der Waals surface area (Å²) in [4.78, 5) is 28.5. The predicted octanol–water partition coefficient (Wildman–Crippen LogP) is 4.15. The molecule has 4 rings (SSSR count). The van der Waals surface area contributed by atoms with Gasteiger partial charge in [0.1, 0.15) is 19.3 Å². The highest BCUT2D eigenvalue weighted by molar-refractivity contribution is 9.10. The number of halogens is 1. The molecule has 1 aliphatic rings. The van der Waals surface area contributed by atoms with Gasteiger partial charge in [0.25, 0.3) is 0 Å². The second kappa shape index (κ2) is 13.9. The summed E-state index contributed by atoms with van der Waals surface area (Å²) in [6.07, 6.45) is 1.77. The molecule has 0 aromatic heterocycles. The molecule has 41 heavy (non-hydrogen) atoms. The Morgan fingerprint density at radius 2 is 1.66 bits per heavy atom. The fraction of sp³-hybridized carbons (Fsp3) is 0.333. The van der Waals surface area contributed by atoms with E-state index in [1.807, 2.05) is 54.6 Å². The molecule has 1 heterocycles. The van der Waals surface area contributed by atoms with E-state index in [0.29, 0.717) is 36.8 Å². The minimum absolute atomic E-state index is 0.0485. The third kappa shape index (κ3) is 8.23. The van der Waals surface area contributed by atoms with E-state index < -0.39 is 16.1 Å². The third-order valence-electron chi connectivity index (χ3n) is 6.73. The Balaban J connectivity index is 1.55. The first-order valence-corrected chi connectivity index (χ1v) is 16.0. The molecule has 3 aromatic carbocycles. The molecule has 1 aliphatic heterocycles. The largest absolute Gasteiger partial charge is 0.486 e. The number of fused-ring (bicyclic) bond motifs is 1. The Kier molecular flexibility index (Phi) is 10.3. The summed E-state index contributed by atoms with van der Waals surface area (Å²) in [7, 11) is -2.09. The molecule has 1 atom stereocenters. The average Bonchev–Trinajstić information content (AvgIpc) is 2.96. The lowest BCUT2D eigenvalue weighted by atomic mass is 10.0. The topological polar surface area (TPSA) is 105 Å². The molecular formula is C30H34BrN3O6S. The van der Waals surface area contributed by atoms with E-state index in [1.165, 1.54) is 4.31 Å². The monoisotopic (exact) mass is 643 g/mol. The zero-order valence-corrected chi connectivity index (χ0v) is 25.5. The summed E-state index contributed by atoms with van der Waals surface area (Å²) in [6.45, 7) is 1.12. The van der Waals surface area contributed by atoms with Gasteiger partial charge in [0, 0.05) is 43.5 Å². The predicted molar refractivity (Wildman–Crippen MR) is 162 cm³/mol. The Morgan fingerprint density at radius 1 is 0.951 bits per heavy atom. The van der Waals surface area contributed by atoms with Crippen LogP contribution in [0.5, 0.6) is 11.5 Å². The maximum absolute atomic E-state index is 13.8. The highest BCUT2D eigenvalue weighted by Gasteiger charge is 2.30. The molecule has 0 unspecified atom stereocenters. The van der Waals surface area contributed by atoms with Crippen LogP contribution >= 0.6 is 15.9 Å². The number of hydrogen-bond acceptors (Lipinski definition) is 6. The quantitative estimate of drug-likeness (QED) is 0.318. The molecular weight excluding hydrogens is 610 g/mol. The number of nitrogens with one attached hydrogen (secondary N) is 1. The van der Waals surface area contributed by atoms with Crippen molar-refractivity contribution in [2.24, 2.45) is 0 Å². The van der Waals surface area contributed by atoms with E-state index in [-0.39, 0.29) is 37.7 Å². The molecule has 11 heteroatoms. The van der Waals surface area contributed by atoms with Crippen LogP contribution in [0.15, 0.2) is 77.3 Å². The van der Waals surface area contributed by atoms with Crippen molar-refractivity contribution < 1.29 is 27.5 Å². The lowest BCUT2D eigenvalue weighted by molar-refractivity contribution is -0.141. The molecule has 3 aromatic rings. The molecule has 0 radical (unpaired) electrons. The number of sulfonamides is 1. The van der Waals surface area contributed by atoms with E-state index in [2.05, 4.69) is 21.2 Å². The smallest absolute Gasteiger partial charge is 0.242 e. The van der Waals surface area contributed by atoms with Gasteiger partial charge in [-0.3, -0.25) is 13.9 Å². The zero-order valence-electron chi connectivity index (χ0n) is 23.1. The summed E-state index contributed by atoms with van der Waals surface area (Å²) in [5.41, 5.74) is 2.22. The lowest BCUT2D eigenvalue weighted by Crippen LogP contribution is -2.49. The Labute approximate surface area is 249 Å². The van der Waals surface area contributed by atoms with Crippen molar-refractivity contribution in [2.45, 2.75) is 31.8 Å². The first-order valence-electron chi connectivity index (χ1n) is 13.3. The second-order valence-electron chi connectivity index (χ2n) is 9.74. The molecule has 218 valence electrons. The fourth-order valence-corrected chi connectivity index (χ4v) is 6.15. The van der Waals surface area contributed by atoms with Crippen molar-refractivity contribution in [3.05, 3.63) is 88.4 Å². The van der Waals surface area contributed by atoms with Crippen LogP contribution in [0.4, 0.5) is 5.69 Å². The van der Waals surface area contributed by atoms with Gasteiger partial charge in [0.15, 0.2) is 11.5 Å². The average molecular weight is 645 g/mol.